The topological polar surface area (TPSA) is 32.3 Å². The van der Waals surface area contributed by atoms with Crippen molar-refractivity contribution in [3.8, 4) is 0 Å². The van der Waals surface area contributed by atoms with Crippen molar-refractivity contribution < 1.29 is 4.79 Å². The van der Waals surface area contributed by atoms with Crippen LogP contribution in [0.5, 0.6) is 0 Å². The number of piperidine rings is 1. The Bertz CT molecular complexity index is 636. The molecule has 3 heterocycles. The molecule has 2 fully saturated rings. The van der Waals surface area contributed by atoms with Crippen molar-refractivity contribution in [3.05, 3.63) is 35.2 Å². The molecule has 1 aromatic carbocycles. The van der Waals surface area contributed by atoms with Gasteiger partial charge in [0.2, 0.25) is 0 Å². The Balaban J connectivity index is 1.53. The minimum Gasteiger partial charge on any atom is -0.348 e. The first kappa shape index (κ1) is 11.4. The number of carbonyl (C=O) groups is 1. The van der Waals surface area contributed by atoms with Crippen LogP contribution < -0.4 is 5.32 Å². The number of amides is 1. The number of rotatable bonds is 2. The maximum atomic E-state index is 12.3. The van der Waals surface area contributed by atoms with E-state index in [2.05, 4.69) is 21.7 Å². The molecule has 1 amide bonds. The third kappa shape index (κ3) is 1.95. The van der Waals surface area contributed by atoms with Gasteiger partial charge in [0, 0.05) is 29.4 Å². The first-order chi connectivity index (χ1) is 9.29. The molecule has 2 unspecified atom stereocenters. The highest BCUT2D eigenvalue weighted by atomic mass is 32.1. The predicted molar refractivity (Wildman–Crippen MR) is 77.6 cm³/mol. The van der Waals surface area contributed by atoms with E-state index in [0.717, 1.165) is 24.0 Å². The van der Waals surface area contributed by atoms with Crippen molar-refractivity contribution >= 4 is 27.3 Å². The monoisotopic (exact) mass is 272 g/mol. The fraction of sp³-hybridized carbons (Fsp3) is 0.400. The van der Waals surface area contributed by atoms with Crippen LogP contribution in [0.15, 0.2) is 29.6 Å². The fourth-order valence-corrected chi connectivity index (χ4v) is 4.08. The minimum absolute atomic E-state index is 0.0758. The van der Waals surface area contributed by atoms with Gasteiger partial charge in [0.1, 0.15) is 0 Å². The molecule has 2 saturated heterocycles. The second-order valence-electron chi connectivity index (χ2n) is 5.56. The van der Waals surface area contributed by atoms with E-state index in [4.69, 9.17) is 0 Å². The second-order valence-corrected chi connectivity index (χ2v) is 6.51. The van der Waals surface area contributed by atoms with Crippen LogP contribution in [0.1, 0.15) is 16.8 Å². The third-order valence-electron chi connectivity index (χ3n) is 4.36. The van der Waals surface area contributed by atoms with Crippen molar-refractivity contribution in [2.75, 3.05) is 19.6 Å². The number of nitrogens with zero attached hydrogens (tertiary/aromatic N) is 1. The van der Waals surface area contributed by atoms with Crippen LogP contribution in [-0.4, -0.2) is 36.5 Å². The quantitative estimate of drug-likeness (QED) is 0.910. The van der Waals surface area contributed by atoms with E-state index in [9.17, 15) is 4.79 Å². The first-order valence-corrected chi connectivity index (χ1v) is 7.68. The summed E-state index contributed by atoms with van der Waals surface area (Å²) in [5, 5.41) is 6.43. The van der Waals surface area contributed by atoms with Crippen molar-refractivity contribution in [1.82, 2.24) is 10.2 Å². The maximum Gasteiger partial charge on any atom is 0.251 e. The lowest BCUT2D eigenvalue weighted by Crippen LogP contribution is -2.43. The molecule has 4 rings (SSSR count). The van der Waals surface area contributed by atoms with E-state index >= 15 is 0 Å². The highest BCUT2D eigenvalue weighted by molar-refractivity contribution is 7.17. The summed E-state index contributed by atoms with van der Waals surface area (Å²) in [6.45, 7) is 3.39. The molecule has 0 spiro atoms. The Morgan fingerprint density at radius 1 is 1.32 bits per heavy atom. The van der Waals surface area contributed by atoms with Crippen molar-refractivity contribution in [2.45, 2.75) is 12.5 Å². The molecule has 3 atom stereocenters. The van der Waals surface area contributed by atoms with Gasteiger partial charge in [-0.15, -0.1) is 11.3 Å². The number of benzene rings is 1. The van der Waals surface area contributed by atoms with Gasteiger partial charge in [-0.1, -0.05) is 0 Å². The molecule has 0 aliphatic carbocycles. The minimum atomic E-state index is 0.0758. The summed E-state index contributed by atoms with van der Waals surface area (Å²) >= 11 is 1.71. The average Bonchev–Trinajstić information content (AvgIpc) is 3.13. The summed E-state index contributed by atoms with van der Waals surface area (Å²) < 4.78 is 1.24. The lowest BCUT2D eigenvalue weighted by atomic mass is 9.99. The number of nitrogens with one attached hydrogen (secondary N) is 1. The molecule has 1 N–H and O–H groups in total. The van der Waals surface area contributed by atoms with Crippen molar-refractivity contribution in [2.24, 2.45) is 5.92 Å². The molecule has 19 heavy (non-hydrogen) atoms. The van der Waals surface area contributed by atoms with Crippen LogP contribution in [0.3, 0.4) is 0 Å². The van der Waals surface area contributed by atoms with Gasteiger partial charge in [0.25, 0.3) is 5.91 Å². The van der Waals surface area contributed by atoms with Crippen LogP contribution in [0.2, 0.25) is 0 Å². The molecule has 0 saturated carbocycles. The van der Waals surface area contributed by atoms with Gasteiger partial charge >= 0.3 is 0 Å². The van der Waals surface area contributed by atoms with E-state index in [1.54, 1.807) is 11.3 Å². The molecule has 2 aliphatic rings. The van der Waals surface area contributed by atoms with Gasteiger partial charge in [-0.2, -0.15) is 0 Å². The smallest absolute Gasteiger partial charge is 0.251 e. The largest absolute Gasteiger partial charge is 0.348 e. The van der Waals surface area contributed by atoms with Crippen LogP contribution in [0.4, 0.5) is 0 Å². The summed E-state index contributed by atoms with van der Waals surface area (Å²) in [4.78, 5) is 14.8. The van der Waals surface area contributed by atoms with Gasteiger partial charge in [-0.3, -0.25) is 4.79 Å². The van der Waals surface area contributed by atoms with Crippen molar-refractivity contribution in [3.63, 3.8) is 0 Å². The average molecular weight is 272 g/mol. The summed E-state index contributed by atoms with van der Waals surface area (Å²) in [5.74, 6) is 0.737. The molecule has 4 heteroatoms. The van der Waals surface area contributed by atoms with Gasteiger partial charge in [-0.05, 0) is 53.9 Å². The second kappa shape index (κ2) is 4.32. The molecule has 2 bridgehead atoms. The molecule has 3 nitrogen and oxygen atoms in total. The fourth-order valence-electron chi connectivity index (χ4n) is 3.31. The Hall–Kier alpha value is -1.39. The molecule has 98 valence electrons. The highest BCUT2D eigenvalue weighted by Gasteiger charge is 2.38. The molecular weight excluding hydrogens is 256 g/mol. The summed E-state index contributed by atoms with van der Waals surface area (Å²) in [5.41, 5.74) is 0.781. The number of fused-ring (bicyclic) bond motifs is 3. The van der Waals surface area contributed by atoms with E-state index in [1.807, 2.05) is 18.2 Å². The normalized spacial score (nSPS) is 28.9. The lowest BCUT2D eigenvalue weighted by Gasteiger charge is -2.23. The summed E-state index contributed by atoms with van der Waals surface area (Å²) in [6, 6.07) is 8.38. The van der Waals surface area contributed by atoms with E-state index < -0.39 is 0 Å². The number of hydrogen-bond donors (Lipinski definition) is 1. The Kier molecular flexibility index (Phi) is 2.60. The number of hydrogen-bond acceptors (Lipinski definition) is 3. The zero-order valence-corrected chi connectivity index (χ0v) is 11.5. The highest BCUT2D eigenvalue weighted by Crippen LogP contribution is 2.28. The summed E-state index contributed by atoms with van der Waals surface area (Å²) in [7, 11) is 0. The molecule has 2 aromatic rings. The van der Waals surface area contributed by atoms with Gasteiger partial charge in [0.15, 0.2) is 0 Å². The molecular formula is C15H16N2OS. The Morgan fingerprint density at radius 3 is 3.05 bits per heavy atom. The van der Waals surface area contributed by atoms with Gasteiger partial charge < -0.3 is 10.2 Å². The summed E-state index contributed by atoms with van der Waals surface area (Å²) in [6.07, 6.45) is 1.23. The van der Waals surface area contributed by atoms with Crippen LogP contribution in [0.25, 0.3) is 10.1 Å². The zero-order chi connectivity index (χ0) is 12.8. The Labute approximate surface area is 116 Å². The van der Waals surface area contributed by atoms with E-state index in [1.165, 1.54) is 17.7 Å². The number of thiophene rings is 1. The van der Waals surface area contributed by atoms with Gasteiger partial charge in [-0.25, -0.2) is 0 Å². The van der Waals surface area contributed by atoms with Gasteiger partial charge in [0.05, 0.1) is 0 Å². The molecule has 0 radical (unpaired) electrons. The lowest BCUT2D eigenvalue weighted by molar-refractivity contribution is 0.0924. The predicted octanol–water partition coefficient (Wildman–Crippen LogP) is 2.34. The standard InChI is InChI=1S/C15H16N2OS/c18-15(16-13-9-17-5-3-12(13)8-17)11-1-2-14-10(7-11)4-6-19-14/h1-2,4,6-7,12-13H,3,5,8-9H2,(H,16,18)/t12-,13?/m0/s1. The Morgan fingerprint density at radius 2 is 2.26 bits per heavy atom. The van der Waals surface area contributed by atoms with Crippen LogP contribution >= 0.6 is 11.3 Å². The van der Waals surface area contributed by atoms with E-state index in [-0.39, 0.29) is 5.91 Å². The van der Waals surface area contributed by atoms with E-state index in [0.29, 0.717) is 12.0 Å². The first-order valence-electron chi connectivity index (χ1n) is 6.80. The number of carbonyl (C=O) groups excluding carboxylic acids is 1. The zero-order valence-electron chi connectivity index (χ0n) is 10.6. The van der Waals surface area contributed by atoms with Crippen LogP contribution in [0, 0.1) is 5.92 Å². The molecule has 2 aliphatic heterocycles. The SMILES string of the molecule is O=C(NC1CN2CC[C@H]1C2)c1ccc2sccc2c1. The third-order valence-corrected chi connectivity index (χ3v) is 5.26. The molecule has 1 aromatic heterocycles. The van der Waals surface area contributed by atoms with Crippen molar-refractivity contribution in [1.29, 1.82) is 0 Å². The maximum absolute atomic E-state index is 12.3. The van der Waals surface area contributed by atoms with Crippen LogP contribution in [-0.2, 0) is 0 Å².